The lowest BCUT2D eigenvalue weighted by Gasteiger charge is -2.28. The number of hydrogen-bond acceptors (Lipinski definition) is 2. The number of carbonyl (C=O) groups is 1. The molecule has 0 radical (unpaired) electrons. The Balaban J connectivity index is 2.29. The third kappa shape index (κ3) is 2.66. The summed E-state index contributed by atoms with van der Waals surface area (Å²) in [4.78, 5) is 13.5. The number of carbonyl (C=O) groups excluding carboxylic acids is 1. The average molecular weight is 236 g/mol. The number of nitrogens with zero attached hydrogens (tertiary/aromatic N) is 1. The Morgan fingerprint density at radius 2 is 2.17 bits per heavy atom. The van der Waals surface area contributed by atoms with Gasteiger partial charge in [0.1, 0.15) is 0 Å². The molecule has 4 heteroatoms. The van der Waals surface area contributed by atoms with E-state index in [9.17, 15) is 4.79 Å². The summed E-state index contributed by atoms with van der Waals surface area (Å²) in [6.45, 7) is 3.92. The molecule has 0 aromatic carbocycles. The van der Waals surface area contributed by atoms with Crippen molar-refractivity contribution in [2.75, 3.05) is 19.7 Å². The first-order valence-electron chi connectivity index (χ1n) is 4.29. The van der Waals surface area contributed by atoms with Gasteiger partial charge in [0.25, 0.3) is 0 Å². The first-order valence-corrected chi connectivity index (χ1v) is 5.21. The van der Waals surface area contributed by atoms with Gasteiger partial charge in [-0.25, -0.2) is 4.79 Å². The monoisotopic (exact) mass is 235 g/mol. The molecule has 0 saturated carbocycles. The van der Waals surface area contributed by atoms with Crippen molar-refractivity contribution in [1.29, 1.82) is 0 Å². The molecule has 1 aliphatic rings. The maximum atomic E-state index is 11.2. The predicted octanol–water partition coefficient (Wildman–Crippen LogP) is 2.00. The molecule has 0 bridgehead atoms. The molecule has 12 heavy (non-hydrogen) atoms. The van der Waals surface area contributed by atoms with Gasteiger partial charge in [0.05, 0.1) is 6.61 Å². The molecule has 1 fully saturated rings. The fourth-order valence-corrected chi connectivity index (χ4v) is 1.65. The number of alkyl halides is 1. The maximum absolute atomic E-state index is 11.2. The molecule has 1 saturated heterocycles. The molecule has 0 aromatic rings. The summed E-state index contributed by atoms with van der Waals surface area (Å²) in [7, 11) is 0. The zero-order chi connectivity index (χ0) is 8.97. The smallest absolute Gasteiger partial charge is 0.409 e. The summed E-state index contributed by atoms with van der Waals surface area (Å²) in [6, 6.07) is 0. The molecule has 3 nitrogen and oxygen atoms in total. The van der Waals surface area contributed by atoms with Crippen LogP contribution in [0.25, 0.3) is 0 Å². The van der Waals surface area contributed by atoms with E-state index in [1.54, 1.807) is 4.90 Å². The largest absolute Gasteiger partial charge is 0.450 e. The first-order chi connectivity index (χ1) is 5.74. The third-order valence-corrected chi connectivity index (χ3v) is 2.87. The molecular formula is C8H14BrNO2. The normalized spacial score (nSPS) is 19.3. The molecule has 0 spiro atoms. The van der Waals surface area contributed by atoms with E-state index in [2.05, 4.69) is 15.9 Å². The van der Waals surface area contributed by atoms with E-state index >= 15 is 0 Å². The first kappa shape index (κ1) is 9.84. The topological polar surface area (TPSA) is 29.5 Å². The van der Waals surface area contributed by atoms with E-state index in [1.807, 2.05) is 6.92 Å². The zero-order valence-electron chi connectivity index (χ0n) is 7.25. The average Bonchev–Trinajstić information content (AvgIpc) is 2.06. The Labute approximate surface area is 81.2 Å². The van der Waals surface area contributed by atoms with Crippen molar-refractivity contribution in [2.24, 2.45) is 0 Å². The minimum absolute atomic E-state index is 0.170. The highest BCUT2D eigenvalue weighted by molar-refractivity contribution is 9.09. The van der Waals surface area contributed by atoms with E-state index in [0.29, 0.717) is 11.4 Å². The van der Waals surface area contributed by atoms with E-state index in [1.165, 1.54) is 0 Å². The van der Waals surface area contributed by atoms with Crippen LogP contribution < -0.4 is 0 Å². The van der Waals surface area contributed by atoms with Crippen LogP contribution in [0.5, 0.6) is 0 Å². The Bertz CT molecular complexity index is 155. The van der Waals surface area contributed by atoms with Crippen molar-refractivity contribution in [3.8, 4) is 0 Å². The van der Waals surface area contributed by atoms with Crippen molar-refractivity contribution in [2.45, 2.75) is 24.6 Å². The number of amides is 1. The number of halogens is 1. The van der Waals surface area contributed by atoms with Crippen molar-refractivity contribution in [3.63, 3.8) is 0 Å². The minimum atomic E-state index is -0.170. The van der Waals surface area contributed by atoms with Crippen molar-refractivity contribution in [3.05, 3.63) is 0 Å². The van der Waals surface area contributed by atoms with Crippen LogP contribution in [-0.2, 0) is 4.74 Å². The molecular weight excluding hydrogens is 222 g/mol. The van der Waals surface area contributed by atoms with Gasteiger partial charge in [-0.2, -0.15) is 0 Å². The predicted molar refractivity (Wildman–Crippen MR) is 50.5 cm³/mol. The highest BCUT2D eigenvalue weighted by Crippen LogP contribution is 2.17. The van der Waals surface area contributed by atoms with Gasteiger partial charge in [0.15, 0.2) is 0 Å². The van der Waals surface area contributed by atoms with Crippen LogP contribution in [0, 0.1) is 0 Å². The molecule has 0 N–H and O–H groups in total. The van der Waals surface area contributed by atoms with Gasteiger partial charge in [-0.1, -0.05) is 15.9 Å². The fraction of sp³-hybridized carbons (Fsp3) is 0.875. The fourth-order valence-electron chi connectivity index (χ4n) is 1.25. The molecule has 70 valence electrons. The van der Waals surface area contributed by atoms with Gasteiger partial charge in [-0.15, -0.1) is 0 Å². The minimum Gasteiger partial charge on any atom is -0.450 e. The van der Waals surface area contributed by atoms with Crippen LogP contribution in [0.4, 0.5) is 4.79 Å². The van der Waals surface area contributed by atoms with Crippen LogP contribution in [0.15, 0.2) is 0 Å². The van der Waals surface area contributed by atoms with E-state index in [0.717, 1.165) is 25.9 Å². The highest BCUT2D eigenvalue weighted by Gasteiger charge is 2.21. The molecule has 1 amide bonds. The molecule has 1 rings (SSSR count). The Morgan fingerprint density at radius 3 is 2.67 bits per heavy atom. The maximum Gasteiger partial charge on any atom is 0.409 e. The summed E-state index contributed by atoms with van der Waals surface area (Å²) in [6.07, 6.45) is 1.88. The second-order valence-corrected chi connectivity index (χ2v) is 4.16. The van der Waals surface area contributed by atoms with Crippen LogP contribution in [0.1, 0.15) is 19.8 Å². The number of piperidine rings is 1. The highest BCUT2D eigenvalue weighted by atomic mass is 79.9. The van der Waals surface area contributed by atoms with Gasteiger partial charge < -0.3 is 9.64 Å². The molecule has 1 aliphatic heterocycles. The van der Waals surface area contributed by atoms with Gasteiger partial charge in [-0.05, 0) is 19.8 Å². The summed E-state index contributed by atoms with van der Waals surface area (Å²) in [5.74, 6) is 0. The van der Waals surface area contributed by atoms with Crippen LogP contribution in [-0.4, -0.2) is 35.5 Å². The Hall–Kier alpha value is -0.250. The van der Waals surface area contributed by atoms with Crippen LogP contribution >= 0.6 is 15.9 Å². The summed E-state index contributed by atoms with van der Waals surface area (Å²) < 4.78 is 4.89. The number of ether oxygens (including phenoxy) is 1. The Kier molecular flexibility index (Phi) is 3.85. The lowest BCUT2D eigenvalue weighted by Crippen LogP contribution is -2.38. The lowest BCUT2D eigenvalue weighted by atomic mass is 10.1. The molecule has 0 aliphatic carbocycles. The Morgan fingerprint density at radius 1 is 1.58 bits per heavy atom. The summed E-state index contributed by atoms with van der Waals surface area (Å²) >= 11 is 3.53. The lowest BCUT2D eigenvalue weighted by molar-refractivity contribution is 0.101. The van der Waals surface area contributed by atoms with Crippen LogP contribution in [0.2, 0.25) is 0 Å². The van der Waals surface area contributed by atoms with Crippen molar-refractivity contribution in [1.82, 2.24) is 4.90 Å². The molecule has 1 heterocycles. The van der Waals surface area contributed by atoms with Gasteiger partial charge >= 0.3 is 6.09 Å². The van der Waals surface area contributed by atoms with Gasteiger partial charge in [0.2, 0.25) is 0 Å². The second-order valence-electron chi connectivity index (χ2n) is 2.86. The van der Waals surface area contributed by atoms with E-state index < -0.39 is 0 Å². The molecule has 0 aromatic heterocycles. The van der Waals surface area contributed by atoms with E-state index in [4.69, 9.17) is 4.74 Å². The van der Waals surface area contributed by atoms with Crippen LogP contribution in [0.3, 0.4) is 0 Å². The third-order valence-electron chi connectivity index (χ3n) is 1.95. The summed E-state index contributed by atoms with van der Waals surface area (Å²) in [5, 5.41) is 0. The number of rotatable bonds is 1. The number of likely N-dealkylation sites (tertiary alicyclic amines) is 1. The quantitative estimate of drug-likeness (QED) is 0.651. The van der Waals surface area contributed by atoms with Crippen molar-refractivity contribution >= 4 is 22.0 Å². The van der Waals surface area contributed by atoms with Crippen molar-refractivity contribution < 1.29 is 9.53 Å². The van der Waals surface area contributed by atoms with E-state index in [-0.39, 0.29) is 6.09 Å². The number of hydrogen-bond donors (Lipinski definition) is 0. The van der Waals surface area contributed by atoms with Gasteiger partial charge in [-0.3, -0.25) is 0 Å². The zero-order valence-corrected chi connectivity index (χ0v) is 8.84. The standard InChI is InChI=1S/C8H14BrNO2/c1-2-12-8(11)10-5-3-7(9)4-6-10/h7H,2-6H2,1H3. The molecule has 0 unspecified atom stereocenters. The second kappa shape index (κ2) is 4.70. The SMILES string of the molecule is CCOC(=O)N1CCC(Br)CC1. The summed E-state index contributed by atoms with van der Waals surface area (Å²) in [5.41, 5.74) is 0. The van der Waals surface area contributed by atoms with Gasteiger partial charge in [0, 0.05) is 17.9 Å². The molecule has 0 atom stereocenters.